The van der Waals surface area contributed by atoms with Gasteiger partial charge in [-0.1, -0.05) is 235 Å². The third kappa shape index (κ3) is 18.8. The molecule has 1 N–H and O–H groups in total. The Morgan fingerprint density at radius 3 is 1.73 bits per heavy atom. The van der Waals surface area contributed by atoms with Crippen molar-refractivity contribution in [3.05, 3.63) is 84.5 Å². The first-order valence-electron chi connectivity index (χ1n) is 24.7. The van der Waals surface area contributed by atoms with E-state index in [9.17, 15) is 4.79 Å². The fourth-order valence-electron chi connectivity index (χ4n) is 8.84. The molecule has 0 saturated carbocycles. The summed E-state index contributed by atoms with van der Waals surface area (Å²) in [5.74, 6) is -0.798. The summed E-state index contributed by atoms with van der Waals surface area (Å²) >= 11 is 0. The Kier molecular flexibility index (Phi) is 25.0. The van der Waals surface area contributed by atoms with Gasteiger partial charge in [-0.15, -0.1) is 0 Å². The van der Waals surface area contributed by atoms with Crippen molar-refractivity contribution in [2.75, 3.05) is 6.61 Å². The molecule has 2 aromatic carbocycles. The molecule has 60 heavy (non-hydrogen) atoms. The predicted octanol–water partition coefficient (Wildman–Crippen LogP) is 14.1. The number of ether oxygens (including phenoxy) is 2. The van der Waals surface area contributed by atoms with Crippen LogP contribution in [0.2, 0.25) is 5.04 Å². The maximum atomic E-state index is 14.8. The third-order valence-electron chi connectivity index (χ3n) is 12.4. The molecule has 1 fully saturated rings. The van der Waals surface area contributed by atoms with Gasteiger partial charge >= 0.3 is 0 Å². The van der Waals surface area contributed by atoms with Crippen molar-refractivity contribution in [1.29, 1.82) is 0 Å². The van der Waals surface area contributed by atoms with E-state index in [1.807, 2.05) is 13.8 Å². The van der Waals surface area contributed by atoms with Crippen molar-refractivity contribution in [1.82, 2.24) is 5.32 Å². The van der Waals surface area contributed by atoms with Gasteiger partial charge in [0.15, 0.2) is 5.79 Å². The van der Waals surface area contributed by atoms with Crippen LogP contribution >= 0.6 is 0 Å². The normalized spacial score (nSPS) is 17.9. The van der Waals surface area contributed by atoms with Crippen LogP contribution in [0.25, 0.3) is 0 Å². The van der Waals surface area contributed by atoms with Crippen LogP contribution in [0.15, 0.2) is 84.5 Å². The first kappa shape index (κ1) is 51.8. The van der Waals surface area contributed by atoms with E-state index in [1.165, 1.54) is 132 Å². The van der Waals surface area contributed by atoms with Crippen LogP contribution in [0.4, 0.5) is 0 Å². The second kappa shape index (κ2) is 29.0. The molecule has 0 aliphatic carbocycles. The number of nitrogens with one attached hydrogen (secondary N) is 1. The Labute approximate surface area is 370 Å². The van der Waals surface area contributed by atoms with Gasteiger partial charge in [-0.25, -0.2) is 0 Å². The van der Waals surface area contributed by atoms with Gasteiger partial charge in [0.1, 0.15) is 12.2 Å². The zero-order chi connectivity index (χ0) is 43.5. The van der Waals surface area contributed by atoms with Gasteiger partial charge in [0.25, 0.3) is 8.32 Å². The van der Waals surface area contributed by atoms with Crippen molar-refractivity contribution in [2.24, 2.45) is 0 Å². The zero-order valence-corrected chi connectivity index (χ0v) is 40.8. The van der Waals surface area contributed by atoms with Crippen LogP contribution in [0.1, 0.15) is 203 Å². The molecule has 6 heteroatoms. The van der Waals surface area contributed by atoms with Gasteiger partial charge < -0.3 is 19.2 Å². The highest BCUT2D eigenvalue weighted by Gasteiger charge is 2.52. The molecule has 338 valence electrons. The molecule has 1 saturated heterocycles. The molecule has 0 unspecified atom stereocenters. The van der Waals surface area contributed by atoms with Gasteiger partial charge in [0, 0.05) is 0 Å². The first-order valence-corrected chi connectivity index (χ1v) is 26.6. The van der Waals surface area contributed by atoms with E-state index in [2.05, 4.69) is 126 Å². The Hall–Kier alpha value is -2.51. The quantitative estimate of drug-likeness (QED) is 0.0467. The van der Waals surface area contributed by atoms with Crippen LogP contribution in [-0.4, -0.2) is 44.9 Å². The lowest BCUT2D eigenvalue weighted by atomic mass is 10.0. The van der Waals surface area contributed by atoms with E-state index in [-0.39, 0.29) is 23.1 Å². The van der Waals surface area contributed by atoms with E-state index in [0.29, 0.717) is 13.0 Å². The van der Waals surface area contributed by atoms with E-state index in [1.54, 1.807) is 0 Å². The predicted molar refractivity (Wildman–Crippen MR) is 260 cm³/mol. The lowest BCUT2D eigenvalue weighted by molar-refractivity contribution is -0.271. The number of hydrogen-bond acceptors (Lipinski definition) is 4. The second-order valence-corrected chi connectivity index (χ2v) is 23.5. The number of amides is 1. The lowest BCUT2D eigenvalue weighted by Gasteiger charge is -2.45. The molecular weight excluding hydrogens is 755 g/mol. The molecule has 1 aliphatic rings. The molecular formula is C54H89NO4Si. The number of carbonyl (C=O) groups excluding carboxylic acids is 1. The standard InChI is InChI=1S/C54H89NO4Si/c1-9-11-13-15-17-18-19-20-21-23-25-35-44-51(59-60(53(4,5)6,47-39-31-27-32-40-47)48-41-33-28-34-42-48)52(56)55-49-45-57-54(7,8)58-50(49)43-36-26-30-38-46(3)37-29-24-22-16-14-12-10-2/h27-28,31-34,36,38-43,49-51H,9-26,29-30,35,37,44-45H2,1-8H3,(H,55,56)/b43-36+,46-38+/t49-,50+,51-/m1/s1. The number of hydrogen-bond donors (Lipinski definition) is 1. The fourth-order valence-corrected chi connectivity index (χ4v) is 13.5. The summed E-state index contributed by atoms with van der Waals surface area (Å²) in [6.07, 6.45) is 34.4. The Bertz CT molecular complexity index is 1430. The highest BCUT2D eigenvalue weighted by Crippen LogP contribution is 2.38. The van der Waals surface area contributed by atoms with Crippen molar-refractivity contribution < 1.29 is 18.7 Å². The van der Waals surface area contributed by atoms with Crippen LogP contribution in [0.3, 0.4) is 0 Å². The zero-order valence-electron chi connectivity index (χ0n) is 39.8. The van der Waals surface area contributed by atoms with Crippen LogP contribution in [0, 0.1) is 0 Å². The molecule has 1 heterocycles. The molecule has 1 amide bonds. The van der Waals surface area contributed by atoms with Crippen LogP contribution < -0.4 is 15.7 Å². The van der Waals surface area contributed by atoms with Crippen molar-refractivity contribution in [3.8, 4) is 0 Å². The summed E-state index contributed by atoms with van der Waals surface area (Å²) in [5, 5.41) is 5.57. The molecule has 0 radical (unpaired) electrons. The molecule has 3 rings (SSSR count). The molecule has 0 spiro atoms. The second-order valence-electron chi connectivity index (χ2n) is 19.3. The maximum absolute atomic E-state index is 14.8. The number of unbranched alkanes of at least 4 members (excludes halogenated alkanes) is 18. The van der Waals surface area contributed by atoms with Gasteiger partial charge in [-0.05, 0) is 68.3 Å². The average molecular weight is 844 g/mol. The summed E-state index contributed by atoms with van der Waals surface area (Å²) in [4.78, 5) is 14.8. The molecule has 5 nitrogen and oxygen atoms in total. The largest absolute Gasteiger partial charge is 0.395 e. The summed E-state index contributed by atoms with van der Waals surface area (Å²) < 4.78 is 20.2. The Morgan fingerprint density at radius 2 is 1.23 bits per heavy atom. The summed E-state index contributed by atoms with van der Waals surface area (Å²) in [6, 6.07) is 21.1. The minimum absolute atomic E-state index is 0.0645. The SMILES string of the molecule is CCCCCCCCCCCCCC[C@@H](O[Si](c1ccccc1)(c1ccccc1)C(C)(C)C)C(=O)N[C@@H]1COC(C)(C)O[C@H]1/C=C/CC/C=C(\C)CCCCCCCCC. The van der Waals surface area contributed by atoms with E-state index in [0.717, 1.165) is 25.7 Å². The van der Waals surface area contributed by atoms with Gasteiger partial charge in [-0.2, -0.15) is 0 Å². The van der Waals surface area contributed by atoms with E-state index >= 15 is 0 Å². The third-order valence-corrected chi connectivity index (χ3v) is 17.5. The van der Waals surface area contributed by atoms with E-state index in [4.69, 9.17) is 13.9 Å². The Balaban J connectivity index is 1.73. The number of benzene rings is 2. The molecule has 1 aliphatic heterocycles. The molecule has 2 aromatic rings. The summed E-state index contributed by atoms with van der Waals surface area (Å²) in [6.45, 7) is 18.0. The topological polar surface area (TPSA) is 56.8 Å². The highest BCUT2D eigenvalue weighted by molar-refractivity contribution is 6.99. The van der Waals surface area contributed by atoms with Gasteiger partial charge in [-0.3, -0.25) is 4.79 Å². The van der Waals surface area contributed by atoms with Gasteiger partial charge in [0.2, 0.25) is 5.91 Å². The van der Waals surface area contributed by atoms with Gasteiger partial charge in [0.05, 0.1) is 12.6 Å². The van der Waals surface area contributed by atoms with Crippen LogP contribution in [-0.2, 0) is 18.7 Å². The van der Waals surface area contributed by atoms with Crippen molar-refractivity contribution in [3.63, 3.8) is 0 Å². The molecule has 0 aromatic heterocycles. The minimum atomic E-state index is -2.98. The van der Waals surface area contributed by atoms with E-state index < -0.39 is 20.2 Å². The monoisotopic (exact) mass is 844 g/mol. The minimum Gasteiger partial charge on any atom is -0.395 e. The molecule has 3 atom stereocenters. The number of allylic oxidation sites excluding steroid dienone is 3. The maximum Gasteiger partial charge on any atom is 0.262 e. The highest BCUT2D eigenvalue weighted by atomic mass is 28.4. The average Bonchev–Trinajstić information content (AvgIpc) is 3.22. The summed E-state index contributed by atoms with van der Waals surface area (Å²) in [7, 11) is -2.98. The lowest BCUT2D eigenvalue weighted by Crippen LogP contribution is -2.69. The number of carbonyl (C=O) groups is 1. The number of rotatable bonds is 31. The smallest absolute Gasteiger partial charge is 0.262 e. The van der Waals surface area contributed by atoms with Crippen LogP contribution in [0.5, 0.6) is 0 Å². The van der Waals surface area contributed by atoms with Crippen molar-refractivity contribution >= 4 is 24.6 Å². The Morgan fingerprint density at radius 1 is 0.750 bits per heavy atom. The summed E-state index contributed by atoms with van der Waals surface area (Å²) in [5.41, 5.74) is 1.49. The van der Waals surface area contributed by atoms with Crippen molar-refractivity contribution in [2.45, 2.75) is 232 Å². The first-order chi connectivity index (χ1) is 28.9. The molecule has 0 bridgehead atoms. The fraction of sp³-hybridized carbons (Fsp3) is 0.685.